The number of anilines is 1. The number of alkyl halides is 1. The van der Waals surface area contributed by atoms with Gasteiger partial charge in [0.25, 0.3) is 5.91 Å². The van der Waals surface area contributed by atoms with Crippen LogP contribution < -0.4 is 10.1 Å². The number of carbonyl (C=O) groups is 1. The summed E-state index contributed by atoms with van der Waals surface area (Å²) in [5, 5.41) is 3.37. The zero-order chi connectivity index (χ0) is 14.4. The number of amides is 1. The molecule has 0 unspecified atom stereocenters. The smallest absolute Gasteiger partial charge is 0.262 e. The third-order valence-corrected chi connectivity index (χ3v) is 3.14. The first kappa shape index (κ1) is 14.7. The number of hydrogen-bond donors (Lipinski definition) is 1. The molecule has 0 radical (unpaired) electrons. The second-order valence-corrected chi connectivity index (χ2v) is 4.83. The summed E-state index contributed by atoms with van der Waals surface area (Å²) in [6, 6.07) is 14.2. The zero-order valence-electron chi connectivity index (χ0n) is 10.6. The monoisotopic (exact) mass is 309 g/mol. The van der Waals surface area contributed by atoms with Crippen molar-refractivity contribution in [2.45, 2.75) is 5.88 Å². The highest BCUT2D eigenvalue weighted by Crippen LogP contribution is 2.15. The van der Waals surface area contributed by atoms with Gasteiger partial charge in [-0.05, 0) is 42.0 Å². The Kier molecular flexibility index (Phi) is 5.27. The van der Waals surface area contributed by atoms with Gasteiger partial charge in [-0.25, -0.2) is 0 Å². The molecule has 0 aromatic heterocycles. The summed E-state index contributed by atoms with van der Waals surface area (Å²) in [6.07, 6.45) is 0. The van der Waals surface area contributed by atoms with E-state index in [2.05, 4.69) is 5.32 Å². The van der Waals surface area contributed by atoms with Gasteiger partial charge in [0.05, 0.1) is 0 Å². The van der Waals surface area contributed by atoms with Crippen LogP contribution in [0.4, 0.5) is 5.69 Å². The van der Waals surface area contributed by atoms with Gasteiger partial charge in [0.1, 0.15) is 5.75 Å². The fraction of sp³-hybridized carbons (Fsp3) is 0.133. The Hall–Kier alpha value is -1.71. The van der Waals surface area contributed by atoms with Gasteiger partial charge in [-0.1, -0.05) is 23.7 Å². The maximum Gasteiger partial charge on any atom is 0.262 e. The lowest BCUT2D eigenvalue weighted by Crippen LogP contribution is -2.20. The highest BCUT2D eigenvalue weighted by atomic mass is 35.5. The van der Waals surface area contributed by atoms with Gasteiger partial charge in [0, 0.05) is 16.6 Å². The first-order valence-corrected chi connectivity index (χ1v) is 6.92. The van der Waals surface area contributed by atoms with E-state index in [1.54, 1.807) is 36.4 Å². The minimum absolute atomic E-state index is 0.0567. The van der Waals surface area contributed by atoms with E-state index < -0.39 is 0 Å². The molecule has 0 saturated heterocycles. The molecule has 1 amide bonds. The van der Waals surface area contributed by atoms with Crippen molar-refractivity contribution in [3.05, 3.63) is 59.1 Å². The molecule has 3 nitrogen and oxygen atoms in total. The van der Waals surface area contributed by atoms with Gasteiger partial charge >= 0.3 is 0 Å². The molecule has 0 saturated carbocycles. The lowest BCUT2D eigenvalue weighted by Gasteiger charge is -2.08. The van der Waals surface area contributed by atoms with Crippen molar-refractivity contribution in [3.8, 4) is 5.75 Å². The van der Waals surface area contributed by atoms with Gasteiger partial charge in [-0.2, -0.15) is 0 Å². The molecule has 2 rings (SSSR count). The van der Waals surface area contributed by atoms with Crippen LogP contribution in [0.5, 0.6) is 5.75 Å². The second-order valence-electron chi connectivity index (χ2n) is 4.12. The fourth-order valence-corrected chi connectivity index (χ4v) is 1.86. The highest BCUT2D eigenvalue weighted by molar-refractivity contribution is 6.30. The molecule has 0 aliphatic heterocycles. The molecule has 0 fully saturated rings. The topological polar surface area (TPSA) is 38.3 Å². The number of nitrogens with one attached hydrogen (secondary N) is 1. The van der Waals surface area contributed by atoms with E-state index in [1.165, 1.54) is 0 Å². The standard InChI is InChI=1S/C15H13Cl2NO2/c16-9-11-1-5-13(6-2-11)18-15(19)10-20-14-7-3-12(17)4-8-14/h1-8H,9-10H2,(H,18,19). The SMILES string of the molecule is O=C(COc1ccc(Cl)cc1)Nc1ccc(CCl)cc1. The summed E-state index contributed by atoms with van der Waals surface area (Å²) in [7, 11) is 0. The number of ether oxygens (including phenoxy) is 1. The predicted molar refractivity (Wildman–Crippen MR) is 81.6 cm³/mol. The van der Waals surface area contributed by atoms with Crippen LogP contribution in [0.3, 0.4) is 0 Å². The van der Waals surface area contributed by atoms with E-state index >= 15 is 0 Å². The van der Waals surface area contributed by atoms with Crippen LogP contribution in [-0.2, 0) is 10.7 Å². The summed E-state index contributed by atoms with van der Waals surface area (Å²) in [5.74, 6) is 0.828. The van der Waals surface area contributed by atoms with Gasteiger partial charge in [0.15, 0.2) is 6.61 Å². The summed E-state index contributed by atoms with van der Waals surface area (Å²) < 4.78 is 5.35. The first-order valence-electron chi connectivity index (χ1n) is 6.00. The molecule has 20 heavy (non-hydrogen) atoms. The Morgan fingerprint density at radius 2 is 1.70 bits per heavy atom. The van der Waals surface area contributed by atoms with E-state index in [9.17, 15) is 4.79 Å². The van der Waals surface area contributed by atoms with Gasteiger partial charge in [-0.15, -0.1) is 11.6 Å². The Balaban J connectivity index is 1.84. The first-order chi connectivity index (χ1) is 9.67. The van der Waals surface area contributed by atoms with Crippen molar-refractivity contribution >= 4 is 34.8 Å². The molecule has 0 aliphatic carbocycles. The number of carbonyl (C=O) groups excluding carboxylic acids is 1. The van der Waals surface area contributed by atoms with Crippen molar-refractivity contribution < 1.29 is 9.53 Å². The average Bonchev–Trinajstić information content (AvgIpc) is 2.47. The van der Waals surface area contributed by atoms with Crippen molar-refractivity contribution in [3.63, 3.8) is 0 Å². The largest absolute Gasteiger partial charge is 0.484 e. The number of hydrogen-bond acceptors (Lipinski definition) is 2. The Morgan fingerprint density at radius 1 is 1.05 bits per heavy atom. The van der Waals surface area contributed by atoms with Crippen molar-refractivity contribution in [1.82, 2.24) is 0 Å². The average molecular weight is 310 g/mol. The van der Waals surface area contributed by atoms with Crippen LogP contribution in [0.25, 0.3) is 0 Å². The predicted octanol–water partition coefficient (Wildman–Crippen LogP) is 4.10. The summed E-state index contributed by atoms with van der Waals surface area (Å²) in [5.41, 5.74) is 1.71. The van der Waals surface area contributed by atoms with E-state index in [-0.39, 0.29) is 12.5 Å². The molecule has 5 heteroatoms. The quantitative estimate of drug-likeness (QED) is 0.845. The molecule has 2 aromatic carbocycles. The fourth-order valence-electron chi connectivity index (χ4n) is 1.55. The van der Waals surface area contributed by atoms with Crippen LogP contribution >= 0.6 is 23.2 Å². The lowest BCUT2D eigenvalue weighted by atomic mass is 10.2. The summed E-state index contributed by atoms with van der Waals surface area (Å²) in [6.45, 7) is -0.0567. The molecule has 0 heterocycles. The number of benzene rings is 2. The highest BCUT2D eigenvalue weighted by Gasteiger charge is 2.04. The van der Waals surface area contributed by atoms with Crippen LogP contribution in [0.2, 0.25) is 5.02 Å². The minimum atomic E-state index is -0.224. The normalized spacial score (nSPS) is 10.1. The van der Waals surface area contributed by atoms with E-state index in [0.29, 0.717) is 22.3 Å². The minimum Gasteiger partial charge on any atom is -0.484 e. The molecule has 0 spiro atoms. The third-order valence-electron chi connectivity index (χ3n) is 2.58. The third kappa shape index (κ3) is 4.44. The molecule has 1 N–H and O–H groups in total. The van der Waals surface area contributed by atoms with Crippen LogP contribution in [-0.4, -0.2) is 12.5 Å². The number of halogens is 2. The van der Waals surface area contributed by atoms with Crippen molar-refractivity contribution in [2.75, 3.05) is 11.9 Å². The van der Waals surface area contributed by atoms with Crippen LogP contribution in [0, 0.1) is 0 Å². The molecule has 2 aromatic rings. The van der Waals surface area contributed by atoms with Crippen LogP contribution in [0.15, 0.2) is 48.5 Å². The van der Waals surface area contributed by atoms with Crippen molar-refractivity contribution in [1.29, 1.82) is 0 Å². The molecule has 0 bridgehead atoms. The number of rotatable bonds is 5. The van der Waals surface area contributed by atoms with Gasteiger partial charge < -0.3 is 10.1 Å². The Labute approximate surface area is 127 Å². The van der Waals surface area contributed by atoms with Crippen LogP contribution in [0.1, 0.15) is 5.56 Å². The van der Waals surface area contributed by atoms with E-state index in [0.717, 1.165) is 5.56 Å². The Bertz CT molecular complexity index is 567. The summed E-state index contributed by atoms with van der Waals surface area (Å²) in [4.78, 5) is 11.7. The molecule has 0 atom stereocenters. The molecule has 0 aliphatic rings. The summed E-state index contributed by atoms with van der Waals surface area (Å²) >= 11 is 11.5. The lowest BCUT2D eigenvalue weighted by molar-refractivity contribution is -0.118. The molecular weight excluding hydrogens is 297 g/mol. The second kappa shape index (κ2) is 7.17. The van der Waals surface area contributed by atoms with Gasteiger partial charge in [-0.3, -0.25) is 4.79 Å². The Morgan fingerprint density at radius 3 is 2.30 bits per heavy atom. The van der Waals surface area contributed by atoms with E-state index in [4.69, 9.17) is 27.9 Å². The van der Waals surface area contributed by atoms with Crippen molar-refractivity contribution in [2.24, 2.45) is 0 Å². The molecular formula is C15H13Cl2NO2. The van der Waals surface area contributed by atoms with E-state index in [1.807, 2.05) is 12.1 Å². The maximum atomic E-state index is 11.7. The van der Waals surface area contributed by atoms with Gasteiger partial charge in [0.2, 0.25) is 0 Å². The zero-order valence-corrected chi connectivity index (χ0v) is 12.1. The maximum absolute atomic E-state index is 11.7. The molecule has 104 valence electrons.